The van der Waals surface area contributed by atoms with Gasteiger partial charge in [0.05, 0.1) is 5.56 Å². The number of nitrogens with zero attached hydrogens (tertiary/aromatic N) is 1. The first-order valence-electron chi connectivity index (χ1n) is 5.80. The molecule has 0 amide bonds. The first-order valence-corrected chi connectivity index (χ1v) is 5.80. The quantitative estimate of drug-likeness (QED) is 0.736. The van der Waals surface area contributed by atoms with Crippen LogP contribution in [-0.4, -0.2) is 37.1 Å². The number of likely N-dealkylation sites (tertiary alicyclic amines) is 1. The lowest BCUT2D eigenvalue weighted by atomic mass is 10.1. The van der Waals surface area contributed by atoms with Crippen molar-refractivity contribution < 1.29 is 13.9 Å². The van der Waals surface area contributed by atoms with Gasteiger partial charge in [0.15, 0.2) is 0 Å². The number of carbonyl (C=O) groups is 1. The molecule has 1 aliphatic heterocycles. The summed E-state index contributed by atoms with van der Waals surface area (Å²) < 4.78 is 18.1. The predicted molar refractivity (Wildman–Crippen MR) is 62.3 cm³/mol. The molecule has 0 saturated carbocycles. The van der Waals surface area contributed by atoms with Crippen LogP contribution in [0.5, 0.6) is 0 Å². The Labute approximate surface area is 100 Å². The van der Waals surface area contributed by atoms with Crippen molar-refractivity contribution in [1.29, 1.82) is 0 Å². The van der Waals surface area contributed by atoms with Crippen LogP contribution in [-0.2, 0) is 4.74 Å². The number of piperidine rings is 1. The average molecular weight is 236 g/mol. The molecule has 2 rings (SSSR count). The molecule has 17 heavy (non-hydrogen) atoms. The molecule has 4 heteroatoms. The summed E-state index contributed by atoms with van der Waals surface area (Å²) in [5.74, 6) is -0.708. The number of hydrogen-bond donors (Lipinski definition) is 0. The van der Waals surface area contributed by atoms with Gasteiger partial charge in [0, 0.05) is 13.1 Å². The lowest BCUT2D eigenvalue weighted by molar-refractivity contribution is 0.0139. The van der Waals surface area contributed by atoms with Crippen molar-refractivity contribution in [3.05, 3.63) is 35.6 Å². The van der Waals surface area contributed by atoms with E-state index in [9.17, 15) is 9.18 Å². The normalized spacial score (nSPS) is 18.0. The van der Waals surface area contributed by atoms with Crippen molar-refractivity contribution in [3.8, 4) is 0 Å². The van der Waals surface area contributed by atoms with Crippen LogP contribution in [0, 0.1) is 5.82 Å². The van der Waals surface area contributed by atoms with Crippen LogP contribution < -0.4 is 0 Å². The number of benzene rings is 1. The fourth-order valence-corrected chi connectivity index (χ4v) is 1.91. The van der Waals surface area contributed by atoms with E-state index in [2.05, 4.69) is 11.9 Å². The van der Waals surface area contributed by atoms with Crippen molar-refractivity contribution in [3.63, 3.8) is 0 Å². The van der Waals surface area contributed by atoms with Gasteiger partial charge in [-0.1, -0.05) is 0 Å². The molecule has 0 unspecified atom stereocenters. The summed E-state index contributed by atoms with van der Waals surface area (Å²) >= 11 is 0. The molecule has 0 N–H and O–H groups in total. The average Bonchev–Trinajstić information content (AvgIpc) is 2.33. The first-order chi connectivity index (χ1) is 8.15. The molecule has 3 nitrogen and oxygen atoms in total. The van der Waals surface area contributed by atoms with Gasteiger partial charge in [0.25, 0.3) is 0 Å². The monoisotopic (exact) mass is 236 g/mol. The first kappa shape index (κ1) is 12.0. The summed E-state index contributed by atoms with van der Waals surface area (Å²) in [7, 11) is 2.05. The van der Waals surface area contributed by atoms with E-state index in [4.69, 9.17) is 4.74 Å². The highest BCUT2D eigenvalue weighted by Crippen LogP contribution is 2.14. The Balaban J connectivity index is 1.91. The maximum atomic E-state index is 12.7. The summed E-state index contributed by atoms with van der Waals surface area (Å²) in [6.45, 7) is 1.89. The Kier molecular flexibility index (Phi) is 3.74. The van der Waals surface area contributed by atoms with E-state index >= 15 is 0 Å². The molecule has 0 radical (unpaired) electrons. The second kappa shape index (κ2) is 5.27. The summed E-state index contributed by atoms with van der Waals surface area (Å²) in [4.78, 5) is 14.0. The molecule has 1 aromatic rings. The number of carbonyl (C=O) groups excluding carboxylic acids is 1. The Morgan fingerprint density at radius 3 is 2.47 bits per heavy atom. The third-order valence-corrected chi connectivity index (χ3v) is 3.02. The van der Waals surface area contributed by atoms with Gasteiger partial charge in [-0.3, -0.25) is 0 Å². The summed E-state index contributed by atoms with van der Waals surface area (Å²) in [5, 5.41) is 0. The molecule has 1 fully saturated rings. The molecule has 1 saturated heterocycles. The highest BCUT2D eigenvalue weighted by molar-refractivity contribution is 5.89. The summed E-state index contributed by atoms with van der Waals surface area (Å²) in [5.41, 5.74) is 0.408. The van der Waals surface area contributed by atoms with Gasteiger partial charge >= 0.3 is 5.97 Å². The third kappa shape index (κ3) is 3.27. The molecular weight excluding hydrogens is 220 g/mol. The van der Waals surface area contributed by atoms with Crippen LogP contribution in [0.1, 0.15) is 23.2 Å². The second-order valence-corrected chi connectivity index (χ2v) is 4.41. The van der Waals surface area contributed by atoms with Crippen LogP contribution in [0.4, 0.5) is 4.39 Å². The topological polar surface area (TPSA) is 29.5 Å². The van der Waals surface area contributed by atoms with Gasteiger partial charge in [0.1, 0.15) is 11.9 Å². The number of ether oxygens (including phenoxy) is 1. The molecule has 0 aliphatic carbocycles. The van der Waals surface area contributed by atoms with Gasteiger partial charge in [-0.05, 0) is 44.2 Å². The van der Waals surface area contributed by atoms with E-state index in [1.165, 1.54) is 24.3 Å². The van der Waals surface area contributed by atoms with Crippen LogP contribution in [0.2, 0.25) is 0 Å². The van der Waals surface area contributed by atoms with E-state index in [1.807, 2.05) is 0 Å². The zero-order valence-electron chi connectivity index (χ0n) is 9.86. The highest BCUT2D eigenvalue weighted by atomic mass is 18.2. The van der Waals surface area contributed by atoms with Crippen LogP contribution >= 0.6 is 0 Å². The standard InChI is InChI=1S/C13H16FNO2/c1-15-8-6-12(7-9-15)17-13(16)10-2-4-11(14)5-3-10/h2-5,12H,6-9H2,1H3/i14-1. The minimum Gasteiger partial charge on any atom is -0.459 e. The van der Waals surface area contributed by atoms with Crippen molar-refractivity contribution in [1.82, 2.24) is 4.90 Å². The van der Waals surface area contributed by atoms with Gasteiger partial charge in [-0.15, -0.1) is 0 Å². The number of esters is 1. The summed E-state index contributed by atoms with van der Waals surface area (Å²) in [6.07, 6.45) is 1.72. The second-order valence-electron chi connectivity index (χ2n) is 4.41. The van der Waals surface area contributed by atoms with Crippen LogP contribution in [0.15, 0.2) is 24.3 Å². The van der Waals surface area contributed by atoms with Gasteiger partial charge in [0.2, 0.25) is 0 Å². The maximum absolute atomic E-state index is 12.7. The van der Waals surface area contributed by atoms with Crippen molar-refractivity contribution in [2.75, 3.05) is 20.1 Å². The number of halogens is 1. The Hall–Kier alpha value is -1.42. The Bertz CT molecular complexity index is 383. The molecule has 0 spiro atoms. The number of rotatable bonds is 2. The molecule has 1 aliphatic rings. The van der Waals surface area contributed by atoms with E-state index < -0.39 is 0 Å². The van der Waals surface area contributed by atoms with E-state index in [0.29, 0.717) is 5.56 Å². The number of hydrogen-bond acceptors (Lipinski definition) is 3. The minimum absolute atomic E-state index is 0.0104. The molecular formula is C13H16FNO2. The molecule has 1 heterocycles. The maximum Gasteiger partial charge on any atom is 0.338 e. The van der Waals surface area contributed by atoms with Gasteiger partial charge in [-0.2, -0.15) is 0 Å². The van der Waals surface area contributed by atoms with E-state index in [-0.39, 0.29) is 17.9 Å². The van der Waals surface area contributed by atoms with Crippen molar-refractivity contribution in [2.24, 2.45) is 0 Å². The molecule has 92 valence electrons. The van der Waals surface area contributed by atoms with Gasteiger partial charge in [-0.25, -0.2) is 9.18 Å². The van der Waals surface area contributed by atoms with Crippen molar-refractivity contribution >= 4 is 5.97 Å². The molecule has 0 bridgehead atoms. The largest absolute Gasteiger partial charge is 0.459 e. The minimum atomic E-state index is -0.362. The third-order valence-electron chi connectivity index (χ3n) is 3.02. The zero-order chi connectivity index (χ0) is 12.3. The fraction of sp³-hybridized carbons (Fsp3) is 0.462. The predicted octanol–water partition coefficient (Wildman–Crippen LogP) is 2.08. The molecule has 1 aromatic carbocycles. The summed E-state index contributed by atoms with van der Waals surface area (Å²) in [6, 6.07) is 5.44. The van der Waals surface area contributed by atoms with E-state index in [1.54, 1.807) is 0 Å². The lowest BCUT2D eigenvalue weighted by Gasteiger charge is -2.28. The Morgan fingerprint density at radius 1 is 1.29 bits per heavy atom. The van der Waals surface area contributed by atoms with Crippen molar-refractivity contribution in [2.45, 2.75) is 18.9 Å². The Morgan fingerprint density at radius 2 is 1.88 bits per heavy atom. The SMILES string of the molecule is CN1CCC(OC(=O)c2ccc([18F])cc2)CC1. The molecule has 0 aromatic heterocycles. The van der Waals surface area contributed by atoms with E-state index in [0.717, 1.165) is 25.9 Å². The zero-order valence-corrected chi connectivity index (χ0v) is 9.86. The lowest BCUT2D eigenvalue weighted by Crippen LogP contribution is -2.35. The van der Waals surface area contributed by atoms with Gasteiger partial charge < -0.3 is 9.64 Å². The fourth-order valence-electron chi connectivity index (χ4n) is 1.91. The smallest absolute Gasteiger partial charge is 0.338 e. The van der Waals surface area contributed by atoms with Crippen LogP contribution in [0.25, 0.3) is 0 Å². The molecule has 0 atom stereocenters. The highest BCUT2D eigenvalue weighted by Gasteiger charge is 2.20. The van der Waals surface area contributed by atoms with Crippen LogP contribution in [0.3, 0.4) is 0 Å².